The first-order chi connectivity index (χ1) is 7.58. The molecule has 86 valence electrons. The number of fused-ring (bicyclic) bond motifs is 1. The molecule has 0 aliphatic heterocycles. The number of hydrogen-bond donors (Lipinski definition) is 1. The van der Waals surface area contributed by atoms with E-state index in [0.29, 0.717) is 17.0 Å². The first-order valence-electron chi connectivity index (χ1n) is 5.36. The molecule has 0 aliphatic rings. The van der Waals surface area contributed by atoms with Crippen molar-refractivity contribution in [3.05, 3.63) is 17.3 Å². The van der Waals surface area contributed by atoms with Crippen molar-refractivity contribution in [2.24, 2.45) is 5.92 Å². The lowest BCUT2D eigenvalue weighted by Crippen LogP contribution is -2.06. The third kappa shape index (κ3) is 2.11. The fraction of sp³-hybridized carbons (Fsp3) is 0.455. The van der Waals surface area contributed by atoms with Gasteiger partial charge in [-0.25, -0.2) is 9.97 Å². The van der Waals surface area contributed by atoms with Crippen molar-refractivity contribution < 1.29 is 0 Å². The predicted molar refractivity (Wildman–Crippen MR) is 66.4 cm³/mol. The van der Waals surface area contributed by atoms with Gasteiger partial charge >= 0.3 is 0 Å². The van der Waals surface area contributed by atoms with Crippen molar-refractivity contribution in [3.63, 3.8) is 0 Å². The fourth-order valence-corrected chi connectivity index (χ4v) is 1.75. The van der Waals surface area contributed by atoms with Gasteiger partial charge in [0, 0.05) is 6.54 Å². The minimum absolute atomic E-state index is 0.471. The van der Waals surface area contributed by atoms with Crippen molar-refractivity contribution in [3.8, 4) is 0 Å². The second kappa shape index (κ2) is 4.29. The zero-order valence-electron chi connectivity index (χ0n) is 9.44. The van der Waals surface area contributed by atoms with E-state index in [1.54, 1.807) is 6.07 Å². The number of anilines is 1. The van der Waals surface area contributed by atoms with Crippen molar-refractivity contribution in [1.82, 2.24) is 14.5 Å². The molecule has 0 spiro atoms. The quantitative estimate of drug-likeness (QED) is 0.837. The smallest absolute Gasteiger partial charge is 0.202 e. The van der Waals surface area contributed by atoms with Crippen LogP contribution in [0.1, 0.15) is 20.3 Å². The molecule has 16 heavy (non-hydrogen) atoms. The molecule has 2 heterocycles. The number of halogens is 1. The van der Waals surface area contributed by atoms with Crippen LogP contribution in [0.3, 0.4) is 0 Å². The third-order valence-corrected chi connectivity index (χ3v) is 2.73. The van der Waals surface area contributed by atoms with Gasteiger partial charge in [-0.2, -0.15) is 0 Å². The Bertz CT molecular complexity index is 504. The molecule has 2 aromatic heterocycles. The Hall–Kier alpha value is -1.29. The van der Waals surface area contributed by atoms with E-state index in [9.17, 15) is 0 Å². The second-order valence-electron chi connectivity index (χ2n) is 4.28. The van der Waals surface area contributed by atoms with Crippen LogP contribution in [0.2, 0.25) is 5.15 Å². The monoisotopic (exact) mass is 238 g/mol. The molecule has 5 heteroatoms. The maximum absolute atomic E-state index is 5.87. The number of nitrogen functional groups attached to an aromatic ring is 1. The molecule has 0 amide bonds. The van der Waals surface area contributed by atoms with Gasteiger partial charge in [0.1, 0.15) is 10.7 Å². The van der Waals surface area contributed by atoms with E-state index in [2.05, 4.69) is 23.8 Å². The largest absolute Gasteiger partial charge is 0.369 e. The summed E-state index contributed by atoms with van der Waals surface area (Å²) >= 11 is 5.87. The standard InChI is InChI=1S/C11H15ClN4/c1-7(2)5-6-16-10-8(14-11(16)13)3-4-9(12)15-10/h3-4,7H,5-6H2,1-2H3,(H2,13,14). The summed E-state index contributed by atoms with van der Waals surface area (Å²) in [5.41, 5.74) is 7.42. The maximum atomic E-state index is 5.87. The maximum Gasteiger partial charge on any atom is 0.202 e. The Labute approximate surface area is 99.4 Å². The molecule has 0 radical (unpaired) electrons. The molecular weight excluding hydrogens is 224 g/mol. The minimum Gasteiger partial charge on any atom is -0.369 e. The van der Waals surface area contributed by atoms with Crippen molar-refractivity contribution >= 4 is 28.7 Å². The molecule has 4 nitrogen and oxygen atoms in total. The van der Waals surface area contributed by atoms with Gasteiger partial charge in [0.05, 0.1) is 0 Å². The average molecular weight is 239 g/mol. The summed E-state index contributed by atoms with van der Waals surface area (Å²) in [6.07, 6.45) is 1.05. The van der Waals surface area contributed by atoms with Gasteiger partial charge < -0.3 is 5.73 Å². The highest BCUT2D eigenvalue weighted by Crippen LogP contribution is 2.19. The van der Waals surface area contributed by atoms with Crippen LogP contribution in [0.25, 0.3) is 11.2 Å². The highest BCUT2D eigenvalue weighted by Gasteiger charge is 2.10. The van der Waals surface area contributed by atoms with E-state index in [1.165, 1.54) is 0 Å². The fourth-order valence-electron chi connectivity index (χ4n) is 1.60. The van der Waals surface area contributed by atoms with E-state index in [1.807, 2.05) is 10.6 Å². The van der Waals surface area contributed by atoms with Gasteiger partial charge in [-0.3, -0.25) is 4.57 Å². The zero-order chi connectivity index (χ0) is 11.7. The minimum atomic E-state index is 0.471. The molecule has 0 aromatic carbocycles. The number of nitrogens with zero attached hydrogens (tertiary/aromatic N) is 3. The van der Waals surface area contributed by atoms with E-state index in [0.717, 1.165) is 24.1 Å². The van der Waals surface area contributed by atoms with Crippen LogP contribution in [0.15, 0.2) is 12.1 Å². The Morgan fingerprint density at radius 3 is 2.81 bits per heavy atom. The first-order valence-corrected chi connectivity index (χ1v) is 5.74. The summed E-state index contributed by atoms with van der Waals surface area (Å²) in [6, 6.07) is 3.57. The van der Waals surface area contributed by atoms with Crippen LogP contribution in [0.5, 0.6) is 0 Å². The summed E-state index contributed by atoms with van der Waals surface area (Å²) in [6.45, 7) is 5.18. The molecule has 2 N–H and O–H groups in total. The Balaban J connectivity index is 2.42. The van der Waals surface area contributed by atoms with Crippen molar-refractivity contribution in [2.75, 3.05) is 5.73 Å². The van der Waals surface area contributed by atoms with Gasteiger partial charge in [-0.05, 0) is 24.5 Å². The van der Waals surface area contributed by atoms with Crippen LogP contribution < -0.4 is 5.73 Å². The number of rotatable bonds is 3. The Kier molecular flexibility index (Phi) is 3.01. The SMILES string of the molecule is CC(C)CCn1c(N)nc2ccc(Cl)nc21. The van der Waals surface area contributed by atoms with Crippen molar-refractivity contribution in [2.45, 2.75) is 26.8 Å². The molecule has 0 fully saturated rings. The average Bonchev–Trinajstić information content (AvgIpc) is 2.51. The van der Waals surface area contributed by atoms with Crippen LogP contribution >= 0.6 is 11.6 Å². The summed E-state index contributed by atoms with van der Waals surface area (Å²) in [4.78, 5) is 8.51. The summed E-state index contributed by atoms with van der Waals surface area (Å²) in [5.74, 6) is 1.13. The highest BCUT2D eigenvalue weighted by atomic mass is 35.5. The summed E-state index contributed by atoms with van der Waals surface area (Å²) in [5, 5.41) is 0.471. The van der Waals surface area contributed by atoms with E-state index in [4.69, 9.17) is 17.3 Å². The normalized spacial score (nSPS) is 11.5. The van der Waals surface area contributed by atoms with Gasteiger partial charge in [-0.1, -0.05) is 25.4 Å². The molecule has 0 saturated carbocycles. The van der Waals surface area contributed by atoms with Crippen LogP contribution in [0.4, 0.5) is 5.95 Å². The van der Waals surface area contributed by atoms with Gasteiger partial charge in [0.15, 0.2) is 5.65 Å². The van der Waals surface area contributed by atoms with Gasteiger partial charge in [0.2, 0.25) is 5.95 Å². The molecule has 2 rings (SSSR count). The number of imidazole rings is 1. The molecule has 0 saturated heterocycles. The lowest BCUT2D eigenvalue weighted by atomic mass is 10.1. The Morgan fingerprint density at radius 2 is 2.12 bits per heavy atom. The van der Waals surface area contributed by atoms with E-state index < -0.39 is 0 Å². The van der Waals surface area contributed by atoms with E-state index in [-0.39, 0.29) is 0 Å². The molecule has 0 aliphatic carbocycles. The highest BCUT2D eigenvalue weighted by molar-refractivity contribution is 6.29. The Morgan fingerprint density at radius 1 is 1.38 bits per heavy atom. The zero-order valence-corrected chi connectivity index (χ0v) is 10.2. The van der Waals surface area contributed by atoms with E-state index >= 15 is 0 Å². The lowest BCUT2D eigenvalue weighted by Gasteiger charge is -2.07. The van der Waals surface area contributed by atoms with Gasteiger partial charge in [0.25, 0.3) is 0 Å². The number of aryl methyl sites for hydroxylation is 1. The molecule has 0 unspecified atom stereocenters. The second-order valence-corrected chi connectivity index (χ2v) is 4.67. The first kappa shape index (κ1) is 11.2. The van der Waals surface area contributed by atoms with Crippen LogP contribution in [-0.2, 0) is 6.54 Å². The number of hydrogen-bond acceptors (Lipinski definition) is 3. The number of pyridine rings is 1. The number of aromatic nitrogens is 3. The molecule has 2 aromatic rings. The topological polar surface area (TPSA) is 56.7 Å². The summed E-state index contributed by atoms with van der Waals surface area (Å²) in [7, 11) is 0. The molecule has 0 atom stereocenters. The number of nitrogens with two attached hydrogens (primary N) is 1. The van der Waals surface area contributed by atoms with Crippen LogP contribution in [-0.4, -0.2) is 14.5 Å². The predicted octanol–water partition coefficient (Wildman–Crippen LogP) is 2.71. The molecule has 0 bridgehead atoms. The summed E-state index contributed by atoms with van der Waals surface area (Å²) < 4.78 is 1.92. The van der Waals surface area contributed by atoms with Gasteiger partial charge in [-0.15, -0.1) is 0 Å². The van der Waals surface area contributed by atoms with Crippen LogP contribution in [0, 0.1) is 5.92 Å². The molecular formula is C11H15ClN4. The van der Waals surface area contributed by atoms with Crippen molar-refractivity contribution in [1.29, 1.82) is 0 Å². The lowest BCUT2D eigenvalue weighted by molar-refractivity contribution is 0.525. The third-order valence-electron chi connectivity index (χ3n) is 2.52.